The Bertz CT molecular complexity index is 174. The summed E-state index contributed by atoms with van der Waals surface area (Å²) in [5, 5.41) is 0. The minimum absolute atomic E-state index is 0.0250. The van der Waals surface area contributed by atoms with Crippen molar-refractivity contribution in [1.82, 2.24) is 9.80 Å². The maximum Gasteiger partial charge on any atom is 0.237 e. The first-order valence-corrected chi connectivity index (χ1v) is 4.68. The van der Waals surface area contributed by atoms with Gasteiger partial charge in [0.2, 0.25) is 5.91 Å². The van der Waals surface area contributed by atoms with Crippen LogP contribution in [0.2, 0.25) is 0 Å². The standard InChI is InChI=1S/C8H15ClN2O/c1-10-4-3-7(6-10)11(2)8(12)5-9/h7H,3-6H2,1-2H3/t7-/m1/s1. The fourth-order valence-electron chi connectivity index (χ4n) is 1.53. The fourth-order valence-corrected chi connectivity index (χ4v) is 1.71. The van der Waals surface area contributed by atoms with Gasteiger partial charge in [-0.05, 0) is 20.0 Å². The van der Waals surface area contributed by atoms with Crippen LogP contribution < -0.4 is 0 Å². The van der Waals surface area contributed by atoms with E-state index in [0.29, 0.717) is 6.04 Å². The Labute approximate surface area is 78.3 Å². The van der Waals surface area contributed by atoms with Crippen LogP contribution in [-0.2, 0) is 4.79 Å². The Balaban J connectivity index is 2.42. The van der Waals surface area contributed by atoms with Crippen LogP contribution in [0.3, 0.4) is 0 Å². The maximum absolute atomic E-state index is 11.2. The van der Waals surface area contributed by atoms with Crippen LogP contribution in [0.1, 0.15) is 6.42 Å². The summed E-state index contributed by atoms with van der Waals surface area (Å²) in [5.41, 5.74) is 0. The second-order valence-corrected chi connectivity index (χ2v) is 3.61. The van der Waals surface area contributed by atoms with E-state index in [1.54, 1.807) is 4.90 Å². The average molecular weight is 191 g/mol. The molecule has 0 aromatic heterocycles. The number of amides is 1. The van der Waals surface area contributed by atoms with E-state index in [9.17, 15) is 4.79 Å². The first kappa shape index (κ1) is 9.81. The zero-order chi connectivity index (χ0) is 9.14. The number of hydrogen-bond acceptors (Lipinski definition) is 2. The second-order valence-electron chi connectivity index (χ2n) is 3.34. The van der Waals surface area contributed by atoms with Crippen molar-refractivity contribution in [3.8, 4) is 0 Å². The maximum atomic E-state index is 11.2. The van der Waals surface area contributed by atoms with E-state index in [0.717, 1.165) is 19.5 Å². The lowest BCUT2D eigenvalue weighted by Gasteiger charge is -2.23. The average Bonchev–Trinajstić information content (AvgIpc) is 2.49. The van der Waals surface area contributed by atoms with Gasteiger partial charge in [-0.3, -0.25) is 4.79 Å². The summed E-state index contributed by atoms with van der Waals surface area (Å²) in [5.74, 6) is 0.119. The molecule has 0 spiro atoms. The molecule has 12 heavy (non-hydrogen) atoms. The first-order valence-electron chi connectivity index (χ1n) is 4.15. The van der Waals surface area contributed by atoms with Crippen LogP contribution in [0.15, 0.2) is 0 Å². The lowest BCUT2D eigenvalue weighted by Crippen LogP contribution is -2.39. The molecule has 0 bridgehead atoms. The lowest BCUT2D eigenvalue weighted by atomic mass is 10.2. The van der Waals surface area contributed by atoms with E-state index in [1.165, 1.54) is 0 Å². The largest absolute Gasteiger partial charge is 0.340 e. The molecule has 0 aromatic carbocycles. The summed E-state index contributed by atoms with van der Waals surface area (Å²) >= 11 is 5.46. The molecule has 0 aliphatic carbocycles. The van der Waals surface area contributed by atoms with Gasteiger partial charge in [0.05, 0.1) is 0 Å². The molecule has 0 unspecified atom stereocenters. The summed E-state index contributed by atoms with van der Waals surface area (Å²) in [7, 11) is 3.90. The lowest BCUT2D eigenvalue weighted by molar-refractivity contribution is -0.129. The number of carbonyl (C=O) groups is 1. The molecule has 1 fully saturated rings. The van der Waals surface area contributed by atoms with Crippen molar-refractivity contribution in [2.75, 3.05) is 33.1 Å². The molecule has 0 aromatic rings. The predicted molar refractivity (Wildman–Crippen MR) is 49.4 cm³/mol. The monoisotopic (exact) mass is 190 g/mol. The first-order chi connectivity index (χ1) is 5.65. The van der Waals surface area contributed by atoms with Crippen LogP contribution in [0.4, 0.5) is 0 Å². The number of alkyl halides is 1. The van der Waals surface area contributed by atoms with Crippen molar-refractivity contribution in [1.29, 1.82) is 0 Å². The van der Waals surface area contributed by atoms with E-state index in [1.807, 2.05) is 7.05 Å². The summed E-state index contributed by atoms with van der Waals surface area (Å²) in [6, 6.07) is 0.362. The van der Waals surface area contributed by atoms with Crippen molar-refractivity contribution in [2.45, 2.75) is 12.5 Å². The highest BCUT2D eigenvalue weighted by Crippen LogP contribution is 2.12. The summed E-state index contributed by atoms with van der Waals surface area (Å²) in [6.07, 6.45) is 1.07. The molecule has 0 radical (unpaired) electrons. The molecule has 1 aliphatic heterocycles. The molecule has 1 saturated heterocycles. The van der Waals surface area contributed by atoms with Gasteiger partial charge in [-0.1, -0.05) is 0 Å². The number of halogens is 1. The Morgan fingerprint density at radius 2 is 2.42 bits per heavy atom. The Morgan fingerprint density at radius 3 is 2.83 bits per heavy atom. The molecule has 3 nitrogen and oxygen atoms in total. The van der Waals surface area contributed by atoms with Gasteiger partial charge in [0.25, 0.3) is 0 Å². The van der Waals surface area contributed by atoms with Gasteiger partial charge < -0.3 is 9.80 Å². The van der Waals surface area contributed by atoms with Gasteiger partial charge in [-0.15, -0.1) is 11.6 Å². The zero-order valence-electron chi connectivity index (χ0n) is 7.59. The molecule has 1 aliphatic rings. The van der Waals surface area contributed by atoms with Gasteiger partial charge in [0, 0.05) is 19.6 Å². The number of rotatable bonds is 2. The molecule has 0 N–H and O–H groups in total. The van der Waals surface area contributed by atoms with Gasteiger partial charge in [0.1, 0.15) is 5.88 Å². The van der Waals surface area contributed by atoms with Crippen molar-refractivity contribution in [3.05, 3.63) is 0 Å². The van der Waals surface area contributed by atoms with Crippen molar-refractivity contribution in [2.24, 2.45) is 0 Å². The molecular formula is C8H15ClN2O. The third-order valence-corrected chi connectivity index (χ3v) is 2.65. The van der Waals surface area contributed by atoms with Crippen LogP contribution >= 0.6 is 11.6 Å². The van der Waals surface area contributed by atoms with Gasteiger partial charge in [-0.25, -0.2) is 0 Å². The normalized spacial score (nSPS) is 24.4. The van der Waals surface area contributed by atoms with Gasteiger partial charge in [-0.2, -0.15) is 0 Å². The quantitative estimate of drug-likeness (QED) is 0.589. The van der Waals surface area contributed by atoms with Crippen LogP contribution in [0.25, 0.3) is 0 Å². The van der Waals surface area contributed by atoms with Crippen molar-refractivity contribution < 1.29 is 4.79 Å². The van der Waals surface area contributed by atoms with Crippen LogP contribution in [0, 0.1) is 0 Å². The Hall–Kier alpha value is -0.280. The van der Waals surface area contributed by atoms with Crippen molar-refractivity contribution >= 4 is 17.5 Å². The molecular weight excluding hydrogens is 176 g/mol. The van der Waals surface area contributed by atoms with E-state index >= 15 is 0 Å². The number of likely N-dealkylation sites (tertiary alicyclic amines) is 1. The summed E-state index contributed by atoms with van der Waals surface area (Å²) in [6.45, 7) is 2.05. The minimum atomic E-state index is 0.0250. The molecule has 4 heteroatoms. The van der Waals surface area contributed by atoms with Gasteiger partial charge >= 0.3 is 0 Å². The summed E-state index contributed by atoms with van der Waals surface area (Å²) in [4.78, 5) is 15.2. The smallest absolute Gasteiger partial charge is 0.237 e. The SMILES string of the molecule is CN1CC[C@@H](N(C)C(=O)CCl)C1. The second kappa shape index (κ2) is 4.10. The highest BCUT2D eigenvalue weighted by Gasteiger charge is 2.25. The topological polar surface area (TPSA) is 23.6 Å². The number of carbonyl (C=O) groups excluding carboxylic acids is 1. The van der Waals surface area contributed by atoms with Crippen molar-refractivity contribution in [3.63, 3.8) is 0 Å². The van der Waals surface area contributed by atoms with E-state index in [4.69, 9.17) is 11.6 Å². The third-order valence-electron chi connectivity index (χ3n) is 2.42. The van der Waals surface area contributed by atoms with E-state index in [-0.39, 0.29) is 11.8 Å². The van der Waals surface area contributed by atoms with Gasteiger partial charge in [0.15, 0.2) is 0 Å². The molecule has 1 heterocycles. The van der Waals surface area contributed by atoms with Crippen LogP contribution in [0.5, 0.6) is 0 Å². The molecule has 70 valence electrons. The minimum Gasteiger partial charge on any atom is -0.340 e. The zero-order valence-corrected chi connectivity index (χ0v) is 8.34. The summed E-state index contributed by atoms with van der Waals surface area (Å²) < 4.78 is 0. The van der Waals surface area contributed by atoms with E-state index in [2.05, 4.69) is 11.9 Å². The fraction of sp³-hybridized carbons (Fsp3) is 0.875. The number of hydrogen-bond donors (Lipinski definition) is 0. The Morgan fingerprint density at radius 1 is 1.75 bits per heavy atom. The number of likely N-dealkylation sites (N-methyl/N-ethyl adjacent to an activating group) is 2. The molecule has 1 amide bonds. The predicted octanol–water partition coefficient (Wildman–Crippen LogP) is 0.388. The van der Waals surface area contributed by atoms with E-state index < -0.39 is 0 Å². The highest BCUT2D eigenvalue weighted by atomic mass is 35.5. The molecule has 1 atom stereocenters. The number of nitrogens with zero attached hydrogens (tertiary/aromatic N) is 2. The molecule has 1 rings (SSSR count). The highest BCUT2D eigenvalue weighted by molar-refractivity contribution is 6.27. The molecule has 0 saturated carbocycles. The Kier molecular flexibility index (Phi) is 3.35. The third kappa shape index (κ3) is 2.11. The van der Waals surface area contributed by atoms with Crippen LogP contribution in [-0.4, -0.2) is 54.8 Å².